The Morgan fingerprint density at radius 1 is 1.45 bits per heavy atom. The van der Waals surface area contributed by atoms with Crippen molar-refractivity contribution in [1.29, 1.82) is 0 Å². The van der Waals surface area contributed by atoms with Crippen LogP contribution in [-0.2, 0) is 9.53 Å². The van der Waals surface area contributed by atoms with Gasteiger partial charge in [0.05, 0.1) is 6.61 Å². The van der Waals surface area contributed by atoms with E-state index in [1.54, 1.807) is 6.08 Å². The number of allylic oxidation sites excluding steroid dienone is 1. The second-order valence-corrected chi connectivity index (χ2v) is 2.14. The lowest BCUT2D eigenvalue weighted by Crippen LogP contribution is -1.98. The van der Waals surface area contributed by atoms with Crippen LogP contribution in [0.5, 0.6) is 0 Å². The van der Waals surface area contributed by atoms with Crippen molar-refractivity contribution in [3.05, 3.63) is 25.3 Å². The Hall–Kier alpha value is -0.890. The van der Waals surface area contributed by atoms with Gasteiger partial charge in [0.2, 0.25) is 0 Å². The van der Waals surface area contributed by atoms with Crippen LogP contribution in [0.4, 0.5) is 0 Å². The molecule has 0 atom stereocenters. The summed E-state index contributed by atoms with van der Waals surface area (Å²) in [5.41, 5.74) is 0. The minimum atomic E-state index is 0.0761. The molecule has 0 aromatic carbocycles. The first-order chi connectivity index (χ1) is 5.31. The van der Waals surface area contributed by atoms with E-state index >= 15 is 0 Å². The summed E-state index contributed by atoms with van der Waals surface area (Å²) in [5, 5.41) is 0. The average molecular weight is 154 g/mol. The smallest absolute Gasteiger partial charge is 0.155 e. The molecule has 0 saturated heterocycles. The highest BCUT2D eigenvalue weighted by molar-refractivity contribution is 5.88. The Kier molecular flexibility index (Phi) is 6.64. The molecule has 0 aliphatic rings. The van der Waals surface area contributed by atoms with Gasteiger partial charge in [-0.2, -0.15) is 0 Å². The number of hydrogen-bond donors (Lipinski definition) is 0. The molecule has 0 aliphatic heterocycles. The van der Waals surface area contributed by atoms with E-state index in [0.29, 0.717) is 19.6 Å². The molecule has 0 saturated carbocycles. The lowest BCUT2D eigenvalue weighted by Gasteiger charge is -1.97. The molecule has 0 aromatic heterocycles. The Balaban J connectivity index is 3.07. The SMILES string of the molecule is C=CCOCCCC(=O)C=C. The molecule has 0 amide bonds. The second kappa shape index (κ2) is 7.22. The third kappa shape index (κ3) is 7.00. The number of ketones is 1. The van der Waals surface area contributed by atoms with Crippen LogP contribution in [0.25, 0.3) is 0 Å². The standard InChI is InChI=1S/C9H14O2/c1-3-7-11-8-5-6-9(10)4-2/h3-4H,1-2,5-8H2. The van der Waals surface area contributed by atoms with E-state index in [2.05, 4.69) is 13.2 Å². The van der Waals surface area contributed by atoms with Gasteiger partial charge in [0.15, 0.2) is 5.78 Å². The van der Waals surface area contributed by atoms with Gasteiger partial charge in [0.25, 0.3) is 0 Å². The molecule has 0 heterocycles. The van der Waals surface area contributed by atoms with Crippen LogP contribution in [0.15, 0.2) is 25.3 Å². The van der Waals surface area contributed by atoms with Gasteiger partial charge >= 0.3 is 0 Å². The van der Waals surface area contributed by atoms with E-state index in [0.717, 1.165) is 6.42 Å². The van der Waals surface area contributed by atoms with Gasteiger partial charge in [0, 0.05) is 13.0 Å². The molecule has 0 rings (SSSR count). The van der Waals surface area contributed by atoms with Crippen LogP contribution in [0, 0.1) is 0 Å². The van der Waals surface area contributed by atoms with Gasteiger partial charge in [-0.1, -0.05) is 12.7 Å². The lowest BCUT2D eigenvalue weighted by atomic mass is 10.2. The Bertz CT molecular complexity index is 138. The molecule has 0 spiro atoms. The maximum Gasteiger partial charge on any atom is 0.155 e. The fourth-order valence-corrected chi connectivity index (χ4v) is 0.617. The van der Waals surface area contributed by atoms with Crippen molar-refractivity contribution in [2.24, 2.45) is 0 Å². The van der Waals surface area contributed by atoms with Crippen molar-refractivity contribution in [2.45, 2.75) is 12.8 Å². The summed E-state index contributed by atoms with van der Waals surface area (Å²) in [4.78, 5) is 10.7. The summed E-state index contributed by atoms with van der Waals surface area (Å²) < 4.78 is 5.07. The van der Waals surface area contributed by atoms with Gasteiger partial charge in [-0.3, -0.25) is 4.79 Å². The van der Waals surface area contributed by atoms with Crippen LogP contribution in [0.3, 0.4) is 0 Å². The maximum absolute atomic E-state index is 10.7. The Morgan fingerprint density at radius 2 is 2.18 bits per heavy atom. The highest BCUT2D eigenvalue weighted by Crippen LogP contribution is 1.92. The van der Waals surface area contributed by atoms with Crippen molar-refractivity contribution in [3.8, 4) is 0 Å². The van der Waals surface area contributed by atoms with Crippen molar-refractivity contribution >= 4 is 5.78 Å². The molecule has 0 N–H and O–H groups in total. The number of carbonyl (C=O) groups excluding carboxylic acids is 1. The fourth-order valence-electron chi connectivity index (χ4n) is 0.617. The quantitative estimate of drug-likeness (QED) is 0.317. The summed E-state index contributed by atoms with van der Waals surface area (Å²) >= 11 is 0. The van der Waals surface area contributed by atoms with Crippen LogP contribution in [-0.4, -0.2) is 19.0 Å². The summed E-state index contributed by atoms with van der Waals surface area (Å²) in [7, 11) is 0. The lowest BCUT2D eigenvalue weighted by molar-refractivity contribution is -0.114. The van der Waals surface area contributed by atoms with Gasteiger partial charge < -0.3 is 4.74 Å². The number of rotatable bonds is 7. The van der Waals surface area contributed by atoms with E-state index < -0.39 is 0 Å². The molecule has 11 heavy (non-hydrogen) atoms. The molecule has 0 fully saturated rings. The number of ether oxygens (including phenoxy) is 1. The Labute approximate surface area is 67.6 Å². The van der Waals surface area contributed by atoms with Crippen LogP contribution in [0.1, 0.15) is 12.8 Å². The number of hydrogen-bond acceptors (Lipinski definition) is 2. The topological polar surface area (TPSA) is 26.3 Å². The summed E-state index contributed by atoms with van der Waals surface area (Å²) in [6, 6.07) is 0. The normalized spacial score (nSPS) is 9.09. The maximum atomic E-state index is 10.7. The van der Waals surface area contributed by atoms with Crippen molar-refractivity contribution in [2.75, 3.05) is 13.2 Å². The monoisotopic (exact) mass is 154 g/mol. The molecule has 0 radical (unpaired) electrons. The van der Waals surface area contributed by atoms with Gasteiger partial charge in [-0.05, 0) is 12.5 Å². The largest absolute Gasteiger partial charge is 0.377 e. The van der Waals surface area contributed by atoms with Crippen molar-refractivity contribution < 1.29 is 9.53 Å². The van der Waals surface area contributed by atoms with E-state index in [9.17, 15) is 4.79 Å². The fraction of sp³-hybridized carbons (Fsp3) is 0.444. The zero-order chi connectivity index (χ0) is 8.53. The average Bonchev–Trinajstić information content (AvgIpc) is 2.04. The van der Waals surface area contributed by atoms with E-state index in [1.807, 2.05) is 0 Å². The first-order valence-corrected chi connectivity index (χ1v) is 3.65. The molecule has 2 heteroatoms. The molecular weight excluding hydrogens is 140 g/mol. The van der Waals surface area contributed by atoms with Crippen molar-refractivity contribution in [3.63, 3.8) is 0 Å². The van der Waals surface area contributed by atoms with Crippen LogP contribution in [0.2, 0.25) is 0 Å². The molecule has 0 bridgehead atoms. The third-order valence-corrected chi connectivity index (χ3v) is 1.18. The summed E-state index contributed by atoms with van der Waals surface area (Å²) in [6.45, 7) is 8.05. The van der Waals surface area contributed by atoms with Gasteiger partial charge in [0.1, 0.15) is 0 Å². The van der Waals surface area contributed by atoms with Gasteiger partial charge in [-0.25, -0.2) is 0 Å². The van der Waals surface area contributed by atoms with Crippen LogP contribution >= 0.6 is 0 Å². The molecule has 2 nitrogen and oxygen atoms in total. The van der Waals surface area contributed by atoms with E-state index in [1.165, 1.54) is 6.08 Å². The zero-order valence-electron chi connectivity index (χ0n) is 6.71. The molecule has 0 aliphatic carbocycles. The predicted molar refractivity (Wildman–Crippen MR) is 45.5 cm³/mol. The van der Waals surface area contributed by atoms with Crippen molar-refractivity contribution in [1.82, 2.24) is 0 Å². The van der Waals surface area contributed by atoms with E-state index in [4.69, 9.17) is 4.74 Å². The highest BCUT2D eigenvalue weighted by atomic mass is 16.5. The Morgan fingerprint density at radius 3 is 2.73 bits per heavy atom. The first kappa shape index (κ1) is 10.1. The van der Waals surface area contributed by atoms with E-state index in [-0.39, 0.29) is 5.78 Å². The minimum Gasteiger partial charge on any atom is -0.377 e. The minimum absolute atomic E-state index is 0.0761. The summed E-state index contributed by atoms with van der Waals surface area (Å²) in [6.07, 6.45) is 4.32. The number of carbonyl (C=O) groups is 1. The second-order valence-electron chi connectivity index (χ2n) is 2.14. The third-order valence-electron chi connectivity index (χ3n) is 1.18. The molecule has 0 aromatic rings. The summed E-state index contributed by atoms with van der Waals surface area (Å²) in [5.74, 6) is 0.0761. The highest BCUT2D eigenvalue weighted by Gasteiger charge is 1.93. The molecule has 62 valence electrons. The van der Waals surface area contributed by atoms with Crippen LogP contribution < -0.4 is 0 Å². The first-order valence-electron chi connectivity index (χ1n) is 3.65. The van der Waals surface area contributed by atoms with Gasteiger partial charge in [-0.15, -0.1) is 6.58 Å². The zero-order valence-corrected chi connectivity index (χ0v) is 6.71. The molecule has 0 unspecified atom stereocenters. The predicted octanol–water partition coefficient (Wildman–Crippen LogP) is 1.72. The molecular formula is C9H14O2.